The molecule has 94 valence electrons. The van der Waals surface area contributed by atoms with Crippen LogP contribution in [0.5, 0.6) is 0 Å². The van der Waals surface area contributed by atoms with E-state index < -0.39 is 0 Å². The molecule has 4 nitrogen and oxygen atoms in total. The van der Waals surface area contributed by atoms with Crippen LogP contribution in [0.1, 0.15) is 37.9 Å². The van der Waals surface area contributed by atoms with Gasteiger partial charge in [-0.1, -0.05) is 25.8 Å². The van der Waals surface area contributed by atoms with E-state index in [1.807, 2.05) is 12.3 Å². The second-order valence-corrected chi connectivity index (χ2v) is 4.85. The number of fused-ring (bicyclic) bond motifs is 1. The Balaban J connectivity index is 1.93. The minimum absolute atomic E-state index is 0.546. The van der Waals surface area contributed by atoms with Gasteiger partial charge in [-0.25, -0.2) is 9.97 Å². The van der Waals surface area contributed by atoms with Gasteiger partial charge in [0.2, 0.25) is 0 Å². The zero-order chi connectivity index (χ0) is 12.4. The molecule has 2 aromatic heterocycles. The normalized spacial score (nSPS) is 16.9. The molecule has 0 aliphatic heterocycles. The third-order valence-corrected chi connectivity index (χ3v) is 3.56. The van der Waals surface area contributed by atoms with Gasteiger partial charge in [-0.15, -0.1) is 0 Å². The molecule has 2 aromatic rings. The monoisotopic (exact) mass is 242 g/mol. The molecule has 2 heterocycles. The van der Waals surface area contributed by atoms with E-state index in [4.69, 9.17) is 0 Å². The number of aromatic amines is 1. The smallest absolute Gasteiger partial charge is 0.156 e. The quantitative estimate of drug-likeness (QED) is 0.867. The van der Waals surface area contributed by atoms with Crippen LogP contribution in [0, 0.1) is 0 Å². The van der Waals surface area contributed by atoms with Gasteiger partial charge in [0.05, 0.1) is 5.39 Å². The first kappa shape index (κ1) is 11.3. The molecule has 1 aliphatic rings. The van der Waals surface area contributed by atoms with Crippen molar-refractivity contribution in [3.05, 3.63) is 24.7 Å². The lowest BCUT2D eigenvalue weighted by atomic mass is 9.95. The van der Waals surface area contributed by atoms with Gasteiger partial charge >= 0.3 is 0 Å². The summed E-state index contributed by atoms with van der Waals surface area (Å²) < 4.78 is 0. The van der Waals surface area contributed by atoms with E-state index in [2.05, 4.69) is 26.8 Å². The Morgan fingerprint density at radius 3 is 2.89 bits per heavy atom. The molecule has 3 rings (SSSR count). The highest BCUT2D eigenvalue weighted by molar-refractivity contribution is 5.87. The Kier molecular flexibility index (Phi) is 3.00. The van der Waals surface area contributed by atoms with Crippen molar-refractivity contribution in [2.45, 2.75) is 38.1 Å². The molecule has 0 atom stereocenters. The summed E-state index contributed by atoms with van der Waals surface area (Å²) in [5.41, 5.74) is 0.873. The summed E-state index contributed by atoms with van der Waals surface area (Å²) in [4.78, 5) is 12.0. The SMILES string of the molecule is C=Cc1nc(NC2CCCCC2)c2cc[nH]c2n1. The van der Waals surface area contributed by atoms with Crippen molar-refractivity contribution in [2.24, 2.45) is 0 Å². The third-order valence-electron chi connectivity index (χ3n) is 3.56. The first-order chi connectivity index (χ1) is 8.86. The second-order valence-electron chi connectivity index (χ2n) is 4.85. The molecule has 1 fully saturated rings. The fraction of sp³-hybridized carbons (Fsp3) is 0.429. The van der Waals surface area contributed by atoms with Crippen molar-refractivity contribution < 1.29 is 0 Å². The molecular weight excluding hydrogens is 224 g/mol. The predicted octanol–water partition coefficient (Wildman–Crippen LogP) is 3.35. The number of nitrogens with zero attached hydrogens (tertiary/aromatic N) is 2. The number of H-pyrrole nitrogens is 1. The Morgan fingerprint density at radius 2 is 2.11 bits per heavy atom. The number of aromatic nitrogens is 3. The van der Waals surface area contributed by atoms with E-state index in [9.17, 15) is 0 Å². The summed E-state index contributed by atoms with van der Waals surface area (Å²) in [7, 11) is 0. The Labute approximate surface area is 107 Å². The second kappa shape index (κ2) is 4.80. The molecule has 0 aromatic carbocycles. The van der Waals surface area contributed by atoms with E-state index in [1.54, 1.807) is 6.08 Å². The van der Waals surface area contributed by atoms with E-state index in [0.29, 0.717) is 11.9 Å². The average Bonchev–Trinajstić information content (AvgIpc) is 2.88. The zero-order valence-electron chi connectivity index (χ0n) is 10.4. The zero-order valence-corrected chi connectivity index (χ0v) is 10.4. The lowest BCUT2D eigenvalue weighted by molar-refractivity contribution is 0.462. The van der Waals surface area contributed by atoms with Gasteiger partial charge in [0.25, 0.3) is 0 Å². The molecule has 0 amide bonds. The number of nitrogens with one attached hydrogen (secondary N) is 2. The molecule has 0 spiro atoms. The molecule has 18 heavy (non-hydrogen) atoms. The van der Waals surface area contributed by atoms with Gasteiger partial charge in [0, 0.05) is 12.2 Å². The van der Waals surface area contributed by atoms with Crippen molar-refractivity contribution in [1.29, 1.82) is 0 Å². The van der Waals surface area contributed by atoms with Crippen LogP contribution in [-0.4, -0.2) is 21.0 Å². The number of rotatable bonds is 3. The highest BCUT2D eigenvalue weighted by Crippen LogP contribution is 2.25. The fourth-order valence-electron chi connectivity index (χ4n) is 2.60. The van der Waals surface area contributed by atoms with Gasteiger partial charge in [-0.05, 0) is 25.0 Å². The first-order valence-electron chi connectivity index (χ1n) is 6.61. The van der Waals surface area contributed by atoms with Crippen LogP contribution in [0.4, 0.5) is 5.82 Å². The van der Waals surface area contributed by atoms with Crippen LogP contribution in [-0.2, 0) is 0 Å². The Morgan fingerprint density at radius 1 is 1.28 bits per heavy atom. The standard InChI is InChI=1S/C14H18N4/c1-2-12-17-13-11(8-9-15-13)14(18-12)16-10-6-4-3-5-7-10/h2,8-10H,1,3-7H2,(H2,15,16,17,18). The molecule has 0 bridgehead atoms. The van der Waals surface area contributed by atoms with Gasteiger partial charge in [-0.2, -0.15) is 0 Å². The van der Waals surface area contributed by atoms with Crippen molar-refractivity contribution in [2.75, 3.05) is 5.32 Å². The highest BCUT2D eigenvalue weighted by atomic mass is 15.1. The van der Waals surface area contributed by atoms with Crippen LogP contribution >= 0.6 is 0 Å². The summed E-state index contributed by atoms with van der Waals surface area (Å²) in [6.07, 6.45) is 10.0. The van der Waals surface area contributed by atoms with Gasteiger partial charge in [0.1, 0.15) is 11.5 Å². The van der Waals surface area contributed by atoms with Gasteiger partial charge in [0.15, 0.2) is 5.82 Å². The lowest BCUT2D eigenvalue weighted by Gasteiger charge is -2.23. The number of hydrogen-bond acceptors (Lipinski definition) is 3. The maximum atomic E-state index is 4.53. The fourth-order valence-corrected chi connectivity index (χ4v) is 2.60. The van der Waals surface area contributed by atoms with Crippen molar-refractivity contribution in [1.82, 2.24) is 15.0 Å². The highest BCUT2D eigenvalue weighted by Gasteiger charge is 2.15. The van der Waals surface area contributed by atoms with E-state index in [-0.39, 0.29) is 0 Å². The van der Waals surface area contributed by atoms with Crippen LogP contribution < -0.4 is 5.32 Å². The molecular formula is C14H18N4. The summed E-state index contributed by atoms with van der Waals surface area (Å²) in [5, 5.41) is 4.63. The number of hydrogen-bond donors (Lipinski definition) is 2. The Bertz CT molecular complexity index is 552. The molecule has 0 radical (unpaired) electrons. The molecule has 2 N–H and O–H groups in total. The van der Waals surface area contributed by atoms with Crippen molar-refractivity contribution in [3.63, 3.8) is 0 Å². The molecule has 1 saturated carbocycles. The van der Waals surface area contributed by atoms with E-state index in [0.717, 1.165) is 16.9 Å². The third kappa shape index (κ3) is 2.10. The summed E-state index contributed by atoms with van der Waals surface area (Å²) in [5.74, 6) is 1.60. The van der Waals surface area contributed by atoms with Gasteiger partial charge in [-0.3, -0.25) is 0 Å². The maximum absolute atomic E-state index is 4.53. The molecule has 0 unspecified atom stereocenters. The first-order valence-corrected chi connectivity index (χ1v) is 6.61. The van der Waals surface area contributed by atoms with Crippen LogP contribution in [0.3, 0.4) is 0 Å². The molecule has 1 aliphatic carbocycles. The molecule has 0 saturated heterocycles. The van der Waals surface area contributed by atoms with E-state index >= 15 is 0 Å². The van der Waals surface area contributed by atoms with Crippen LogP contribution in [0.25, 0.3) is 17.1 Å². The van der Waals surface area contributed by atoms with Gasteiger partial charge < -0.3 is 10.3 Å². The predicted molar refractivity (Wildman–Crippen MR) is 74.5 cm³/mol. The van der Waals surface area contributed by atoms with Crippen molar-refractivity contribution >= 4 is 22.9 Å². The van der Waals surface area contributed by atoms with Crippen molar-refractivity contribution in [3.8, 4) is 0 Å². The summed E-state index contributed by atoms with van der Waals surface area (Å²) in [6.45, 7) is 3.74. The Hall–Kier alpha value is -1.84. The average molecular weight is 242 g/mol. The maximum Gasteiger partial charge on any atom is 0.156 e. The van der Waals surface area contributed by atoms with Crippen LogP contribution in [0.2, 0.25) is 0 Å². The lowest BCUT2D eigenvalue weighted by Crippen LogP contribution is -2.23. The number of anilines is 1. The van der Waals surface area contributed by atoms with Crippen LogP contribution in [0.15, 0.2) is 18.8 Å². The molecule has 4 heteroatoms. The minimum Gasteiger partial charge on any atom is -0.367 e. The largest absolute Gasteiger partial charge is 0.367 e. The topological polar surface area (TPSA) is 53.6 Å². The summed E-state index contributed by atoms with van der Waals surface area (Å²) >= 11 is 0. The minimum atomic E-state index is 0.546. The summed E-state index contributed by atoms with van der Waals surface area (Å²) in [6, 6.07) is 2.57. The van der Waals surface area contributed by atoms with E-state index in [1.165, 1.54) is 32.1 Å².